The highest BCUT2D eigenvalue weighted by Gasteiger charge is 2.34. The molecule has 1 aliphatic heterocycles. The van der Waals surface area contributed by atoms with Crippen molar-refractivity contribution in [3.05, 3.63) is 111 Å². The number of fused-ring (bicyclic) bond motifs is 1. The fraction of sp³-hybridized carbons (Fsp3) is 0.172. The smallest absolute Gasteiger partial charge is 0.410 e. The first kappa shape index (κ1) is 27.4. The molecule has 4 aromatic rings. The van der Waals surface area contributed by atoms with Crippen molar-refractivity contribution in [2.24, 2.45) is 0 Å². The van der Waals surface area contributed by atoms with Crippen LogP contribution in [0.3, 0.4) is 0 Å². The number of methoxy groups -OCH3 is 1. The molecule has 2 aromatic heterocycles. The van der Waals surface area contributed by atoms with E-state index in [4.69, 9.17) is 33.0 Å². The molecule has 3 heterocycles. The van der Waals surface area contributed by atoms with Crippen molar-refractivity contribution >= 4 is 46.9 Å². The minimum Gasteiger partial charge on any atom is -0.453 e. The average Bonchev–Trinajstić information content (AvgIpc) is 3.34. The minimum absolute atomic E-state index is 0.0642. The van der Waals surface area contributed by atoms with Crippen molar-refractivity contribution in [2.75, 3.05) is 13.7 Å². The minimum atomic E-state index is -0.568. The number of amides is 2. The van der Waals surface area contributed by atoms with Crippen molar-refractivity contribution in [2.45, 2.75) is 19.5 Å². The summed E-state index contributed by atoms with van der Waals surface area (Å²) >= 11 is 12.7. The summed E-state index contributed by atoms with van der Waals surface area (Å²) in [5.41, 5.74) is 3.72. The molecule has 1 unspecified atom stereocenters. The molecule has 8 nitrogen and oxygen atoms in total. The molecule has 204 valence electrons. The van der Waals surface area contributed by atoms with Crippen molar-refractivity contribution in [1.82, 2.24) is 25.0 Å². The van der Waals surface area contributed by atoms with Crippen LogP contribution >= 0.6 is 23.2 Å². The molecule has 40 heavy (non-hydrogen) atoms. The molecule has 0 aliphatic carbocycles. The molecule has 1 N–H and O–H groups in total. The van der Waals surface area contributed by atoms with Crippen molar-refractivity contribution in [3.63, 3.8) is 0 Å². The Labute approximate surface area is 240 Å². The second-order valence-electron chi connectivity index (χ2n) is 9.18. The second kappa shape index (κ2) is 11.5. The Morgan fingerprint density at radius 1 is 1.10 bits per heavy atom. The number of halogens is 3. The molecule has 0 saturated carbocycles. The standard InChI is InChI=1S/C29H24Cl2FN5O3/c1-17(24-5-3-4-12-33-24)34-28(38)26-22-16-36(29(39)40-2)15-19(13-18-6-9-21(32)10-7-18)27(22)37(35-26)25-11-8-20(30)14-23(25)31/h3-14,17H,15-16H2,1-2H3,(H,34,38). The Morgan fingerprint density at radius 3 is 2.55 bits per heavy atom. The fourth-order valence-electron chi connectivity index (χ4n) is 4.57. The van der Waals surface area contributed by atoms with Gasteiger partial charge >= 0.3 is 6.09 Å². The molecule has 0 fully saturated rings. The number of benzene rings is 2. The first-order chi connectivity index (χ1) is 19.2. The van der Waals surface area contributed by atoms with Gasteiger partial charge in [0.05, 0.1) is 48.3 Å². The van der Waals surface area contributed by atoms with Crippen LogP contribution in [-0.2, 0) is 11.3 Å². The molecule has 0 spiro atoms. The van der Waals surface area contributed by atoms with Crippen LogP contribution in [0.15, 0.2) is 66.9 Å². The summed E-state index contributed by atoms with van der Waals surface area (Å²) in [6.45, 7) is 2.04. The van der Waals surface area contributed by atoms with Gasteiger partial charge in [-0.05, 0) is 66.6 Å². The summed E-state index contributed by atoms with van der Waals surface area (Å²) in [7, 11) is 1.29. The highest BCUT2D eigenvalue weighted by Crippen LogP contribution is 2.36. The van der Waals surface area contributed by atoms with Gasteiger partial charge in [0.1, 0.15) is 5.82 Å². The van der Waals surface area contributed by atoms with Gasteiger partial charge in [-0.3, -0.25) is 14.7 Å². The maximum absolute atomic E-state index is 13.7. The fourth-order valence-corrected chi connectivity index (χ4v) is 5.06. The Balaban J connectivity index is 1.68. The summed E-state index contributed by atoms with van der Waals surface area (Å²) < 4.78 is 20.2. The third kappa shape index (κ3) is 5.57. The average molecular weight is 580 g/mol. The number of carbonyl (C=O) groups excluding carboxylic acids is 2. The van der Waals surface area contributed by atoms with E-state index in [-0.39, 0.29) is 24.6 Å². The molecule has 11 heteroatoms. The van der Waals surface area contributed by atoms with Crippen LogP contribution in [0.2, 0.25) is 10.0 Å². The van der Waals surface area contributed by atoms with E-state index in [1.807, 2.05) is 25.1 Å². The number of pyridine rings is 1. The van der Waals surface area contributed by atoms with Crippen LogP contribution < -0.4 is 5.32 Å². The van der Waals surface area contributed by atoms with Gasteiger partial charge in [-0.15, -0.1) is 0 Å². The molecule has 1 atom stereocenters. The summed E-state index contributed by atoms with van der Waals surface area (Å²) in [6, 6.07) is 15.9. The van der Waals surface area contributed by atoms with Crippen LogP contribution in [0, 0.1) is 5.82 Å². The highest BCUT2D eigenvalue weighted by atomic mass is 35.5. The zero-order valence-electron chi connectivity index (χ0n) is 21.6. The molecule has 0 radical (unpaired) electrons. The lowest BCUT2D eigenvalue weighted by Gasteiger charge is -2.29. The summed E-state index contributed by atoms with van der Waals surface area (Å²) in [4.78, 5) is 32.1. The third-order valence-electron chi connectivity index (χ3n) is 6.47. The maximum Gasteiger partial charge on any atom is 0.410 e. The Kier molecular flexibility index (Phi) is 7.86. The summed E-state index contributed by atoms with van der Waals surface area (Å²) in [6.07, 6.45) is 2.90. The van der Waals surface area contributed by atoms with E-state index in [1.165, 1.54) is 24.1 Å². The molecule has 1 aliphatic rings. The number of hydrogen-bond donors (Lipinski definition) is 1. The van der Waals surface area contributed by atoms with Gasteiger partial charge in [-0.2, -0.15) is 5.10 Å². The van der Waals surface area contributed by atoms with Crippen LogP contribution in [-0.4, -0.2) is 45.3 Å². The lowest BCUT2D eigenvalue weighted by Crippen LogP contribution is -2.36. The Hall–Kier alpha value is -4.21. The van der Waals surface area contributed by atoms with E-state index >= 15 is 0 Å². The first-order valence-corrected chi connectivity index (χ1v) is 13.1. The van der Waals surface area contributed by atoms with E-state index in [0.29, 0.717) is 43.8 Å². The highest BCUT2D eigenvalue weighted by molar-refractivity contribution is 6.35. The number of aromatic nitrogens is 3. The molecular formula is C29H24Cl2FN5O3. The van der Waals surface area contributed by atoms with Crippen LogP contribution in [0.5, 0.6) is 0 Å². The summed E-state index contributed by atoms with van der Waals surface area (Å²) in [5.74, 6) is -0.826. The van der Waals surface area contributed by atoms with Gasteiger partial charge in [0.25, 0.3) is 5.91 Å². The number of nitrogens with one attached hydrogen (secondary N) is 1. The van der Waals surface area contributed by atoms with Crippen LogP contribution in [0.4, 0.5) is 9.18 Å². The lowest BCUT2D eigenvalue weighted by molar-refractivity contribution is 0.0929. The number of rotatable bonds is 5. The monoisotopic (exact) mass is 579 g/mol. The van der Waals surface area contributed by atoms with E-state index in [9.17, 15) is 14.0 Å². The first-order valence-electron chi connectivity index (χ1n) is 12.3. The van der Waals surface area contributed by atoms with Crippen LogP contribution in [0.25, 0.3) is 17.3 Å². The molecule has 0 saturated heterocycles. The molecule has 2 aromatic carbocycles. The molecular weight excluding hydrogens is 556 g/mol. The Morgan fingerprint density at radius 2 is 1.88 bits per heavy atom. The Bertz CT molecular complexity index is 1610. The van der Waals surface area contributed by atoms with Gasteiger partial charge in [-0.25, -0.2) is 13.9 Å². The second-order valence-corrected chi connectivity index (χ2v) is 10.0. The number of carbonyl (C=O) groups is 2. The van der Waals surface area contributed by atoms with Gasteiger partial charge in [-0.1, -0.05) is 41.4 Å². The van der Waals surface area contributed by atoms with Gasteiger partial charge in [0.15, 0.2) is 5.69 Å². The molecule has 0 bridgehead atoms. The predicted molar refractivity (Wildman–Crippen MR) is 151 cm³/mol. The van der Waals surface area contributed by atoms with Crippen molar-refractivity contribution in [3.8, 4) is 5.69 Å². The van der Waals surface area contributed by atoms with E-state index in [2.05, 4.69) is 10.3 Å². The zero-order chi connectivity index (χ0) is 28.4. The quantitative estimate of drug-likeness (QED) is 0.298. The van der Waals surface area contributed by atoms with Gasteiger partial charge in [0.2, 0.25) is 0 Å². The van der Waals surface area contributed by atoms with Crippen molar-refractivity contribution in [1.29, 1.82) is 0 Å². The number of nitrogens with zero attached hydrogens (tertiary/aromatic N) is 4. The predicted octanol–water partition coefficient (Wildman–Crippen LogP) is 6.33. The van der Waals surface area contributed by atoms with E-state index < -0.39 is 18.0 Å². The van der Waals surface area contributed by atoms with Gasteiger partial charge < -0.3 is 10.1 Å². The van der Waals surface area contributed by atoms with Crippen molar-refractivity contribution < 1.29 is 18.7 Å². The van der Waals surface area contributed by atoms with Gasteiger partial charge in [0, 0.05) is 16.8 Å². The van der Waals surface area contributed by atoms with E-state index in [1.54, 1.807) is 47.3 Å². The zero-order valence-corrected chi connectivity index (χ0v) is 23.1. The SMILES string of the molecule is COC(=O)N1CC(=Cc2ccc(F)cc2)c2c(c(C(=O)NC(C)c3ccccn3)nn2-c2ccc(Cl)cc2Cl)C1. The molecule has 2 amide bonds. The number of hydrogen-bond acceptors (Lipinski definition) is 5. The number of ether oxygens (including phenoxy) is 1. The lowest BCUT2D eigenvalue weighted by atomic mass is 9.97. The topological polar surface area (TPSA) is 89.3 Å². The maximum atomic E-state index is 13.7. The van der Waals surface area contributed by atoms with Crippen LogP contribution in [0.1, 0.15) is 46.0 Å². The normalized spacial score (nSPS) is 14.5. The molecule has 5 rings (SSSR count). The third-order valence-corrected chi connectivity index (χ3v) is 7.01. The van der Waals surface area contributed by atoms with E-state index in [0.717, 1.165) is 0 Å². The summed E-state index contributed by atoms with van der Waals surface area (Å²) in [5, 5.41) is 8.42. The largest absolute Gasteiger partial charge is 0.453 e.